The fourth-order valence-electron chi connectivity index (χ4n) is 3.37. The van der Waals surface area contributed by atoms with Gasteiger partial charge < -0.3 is 10.2 Å². The summed E-state index contributed by atoms with van der Waals surface area (Å²) in [6.07, 6.45) is 25.3. The van der Waals surface area contributed by atoms with Crippen molar-refractivity contribution in [1.82, 2.24) is 0 Å². The molecule has 0 aliphatic rings. The number of aliphatic hydroxyl groups excluding tert-OH is 1. The molecule has 0 saturated carbocycles. The largest absolute Gasteiger partial charge is 0.478 e. The van der Waals surface area contributed by atoms with Gasteiger partial charge in [0.2, 0.25) is 0 Å². The van der Waals surface area contributed by atoms with Crippen LogP contribution in [0.15, 0.2) is 12.2 Å². The average molecular weight is 369 g/mol. The highest BCUT2D eigenvalue weighted by atomic mass is 16.4. The summed E-state index contributed by atoms with van der Waals surface area (Å²) in [6, 6.07) is 0. The maximum atomic E-state index is 10.3. The van der Waals surface area contributed by atoms with Crippen LogP contribution < -0.4 is 0 Å². The van der Waals surface area contributed by atoms with Crippen molar-refractivity contribution in [2.45, 2.75) is 129 Å². The Hall–Kier alpha value is -0.830. The molecule has 0 rings (SSSR count). The standard InChI is InChI=1S/C23H44O3/c1-2-3-4-5-6-7-8-9-10-11-12-13-14-15-16-17-18-19-22(24)20-21-23(25)26/h20-22,24H,2-19H2,1H3,(H,25,26). The van der Waals surface area contributed by atoms with E-state index in [1.807, 2.05) is 0 Å². The molecule has 0 amide bonds. The highest BCUT2D eigenvalue weighted by Gasteiger charge is 2.00. The first-order valence-electron chi connectivity index (χ1n) is 11.3. The second-order valence-corrected chi connectivity index (χ2v) is 7.71. The number of aliphatic hydroxyl groups is 1. The molecule has 1 unspecified atom stereocenters. The lowest BCUT2D eigenvalue weighted by molar-refractivity contribution is -0.131. The first kappa shape index (κ1) is 25.2. The molecule has 0 radical (unpaired) electrons. The normalized spacial score (nSPS) is 12.7. The number of unbranched alkanes of at least 4 members (excludes halogenated alkanes) is 16. The van der Waals surface area contributed by atoms with E-state index < -0.39 is 12.1 Å². The maximum Gasteiger partial charge on any atom is 0.328 e. The van der Waals surface area contributed by atoms with Crippen LogP contribution in [0.1, 0.15) is 122 Å². The second-order valence-electron chi connectivity index (χ2n) is 7.71. The smallest absolute Gasteiger partial charge is 0.328 e. The first-order valence-corrected chi connectivity index (χ1v) is 11.3. The second kappa shape index (κ2) is 20.5. The van der Waals surface area contributed by atoms with Crippen LogP contribution in [0.2, 0.25) is 0 Å². The molecule has 0 fully saturated rings. The lowest BCUT2D eigenvalue weighted by Gasteiger charge is -2.05. The molecule has 0 aromatic rings. The van der Waals surface area contributed by atoms with E-state index in [1.54, 1.807) is 0 Å². The average Bonchev–Trinajstić information content (AvgIpc) is 2.62. The van der Waals surface area contributed by atoms with Gasteiger partial charge in [0.15, 0.2) is 0 Å². The van der Waals surface area contributed by atoms with Crippen LogP contribution in [0.3, 0.4) is 0 Å². The van der Waals surface area contributed by atoms with E-state index in [2.05, 4.69) is 6.92 Å². The number of rotatable bonds is 20. The van der Waals surface area contributed by atoms with Crippen LogP contribution in [0.5, 0.6) is 0 Å². The molecule has 0 aromatic carbocycles. The van der Waals surface area contributed by atoms with Gasteiger partial charge in [0.05, 0.1) is 6.10 Å². The number of hydrogen-bond acceptors (Lipinski definition) is 2. The van der Waals surface area contributed by atoms with E-state index in [0.29, 0.717) is 6.42 Å². The summed E-state index contributed by atoms with van der Waals surface area (Å²) >= 11 is 0. The van der Waals surface area contributed by atoms with Crippen LogP contribution in [-0.2, 0) is 4.79 Å². The molecular weight excluding hydrogens is 324 g/mol. The van der Waals surface area contributed by atoms with Crippen LogP contribution in [0.4, 0.5) is 0 Å². The summed E-state index contributed by atoms with van der Waals surface area (Å²) in [5.41, 5.74) is 0. The van der Waals surface area contributed by atoms with Crippen molar-refractivity contribution in [2.24, 2.45) is 0 Å². The Balaban J connectivity index is 3.12. The predicted molar refractivity (Wildman–Crippen MR) is 112 cm³/mol. The van der Waals surface area contributed by atoms with Crippen LogP contribution in [0.25, 0.3) is 0 Å². The fraction of sp³-hybridized carbons (Fsp3) is 0.870. The number of carboxylic acids is 1. The van der Waals surface area contributed by atoms with Crippen molar-refractivity contribution >= 4 is 5.97 Å². The number of hydrogen-bond donors (Lipinski definition) is 2. The lowest BCUT2D eigenvalue weighted by Crippen LogP contribution is -2.03. The van der Waals surface area contributed by atoms with Gasteiger partial charge in [-0.2, -0.15) is 0 Å². The molecular formula is C23H44O3. The van der Waals surface area contributed by atoms with Crippen LogP contribution >= 0.6 is 0 Å². The molecule has 0 bridgehead atoms. The topological polar surface area (TPSA) is 57.5 Å². The minimum Gasteiger partial charge on any atom is -0.478 e. The molecule has 3 heteroatoms. The SMILES string of the molecule is CCCCCCCCCCCCCCCCCCCC(O)C=CC(=O)O. The van der Waals surface area contributed by atoms with Crippen molar-refractivity contribution < 1.29 is 15.0 Å². The summed E-state index contributed by atoms with van der Waals surface area (Å²) in [6.45, 7) is 2.27. The minimum absolute atomic E-state index is 0.609. The molecule has 0 spiro atoms. The van der Waals surface area contributed by atoms with Gasteiger partial charge in [-0.3, -0.25) is 0 Å². The highest BCUT2D eigenvalue weighted by molar-refractivity contribution is 5.79. The van der Waals surface area contributed by atoms with Gasteiger partial charge in [0.1, 0.15) is 0 Å². The Morgan fingerprint density at radius 3 is 1.38 bits per heavy atom. The molecule has 0 aliphatic carbocycles. The van der Waals surface area contributed by atoms with E-state index in [1.165, 1.54) is 102 Å². The molecule has 1 atom stereocenters. The van der Waals surface area contributed by atoms with Gasteiger partial charge in [-0.05, 0) is 12.5 Å². The fourth-order valence-corrected chi connectivity index (χ4v) is 3.37. The summed E-state index contributed by atoms with van der Waals surface area (Å²) < 4.78 is 0. The quantitative estimate of drug-likeness (QED) is 0.179. The molecule has 0 saturated heterocycles. The van der Waals surface area contributed by atoms with Crippen LogP contribution in [0, 0.1) is 0 Å². The molecule has 0 aromatic heterocycles. The Bertz CT molecular complexity index is 325. The van der Waals surface area contributed by atoms with E-state index in [9.17, 15) is 9.90 Å². The van der Waals surface area contributed by atoms with Crippen LogP contribution in [-0.4, -0.2) is 22.3 Å². The van der Waals surface area contributed by atoms with Gasteiger partial charge in [-0.1, -0.05) is 116 Å². The zero-order valence-corrected chi connectivity index (χ0v) is 17.3. The Morgan fingerprint density at radius 1 is 0.692 bits per heavy atom. The number of aliphatic carboxylic acids is 1. The van der Waals surface area contributed by atoms with Crippen molar-refractivity contribution in [3.05, 3.63) is 12.2 Å². The third kappa shape index (κ3) is 21.2. The lowest BCUT2D eigenvalue weighted by atomic mass is 10.0. The predicted octanol–water partition coefficient (Wildman–Crippen LogP) is 7.03. The van der Waals surface area contributed by atoms with E-state index >= 15 is 0 Å². The minimum atomic E-state index is -0.994. The molecule has 3 nitrogen and oxygen atoms in total. The monoisotopic (exact) mass is 368 g/mol. The molecule has 26 heavy (non-hydrogen) atoms. The molecule has 154 valence electrons. The number of carboxylic acid groups (broad SMARTS) is 1. The summed E-state index contributed by atoms with van der Waals surface area (Å²) in [7, 11) is 0. The Morgan fingerprint density at radius 2 is 1.04 bits per heavy atom. The maximum absolute atomic E-state index is 10.3. The third-order valence-corrected chi connectivity index (χ3v) is 5.06. The summed E-state index contributed by atoms with van der Waals surface area (Å²) in [5.74, 6) is -0.994. The third-order valence-electron chi connectivity index (χ3n) is 5.06. The van der Waals surface area contributed by atoms with Gasteiger partial charge in [0.25, 0.3) is 0 Å². The van der Waals surface area contributed by atoms with E-state index in [-0.39, 0.29) is 0 Å². The number of carbonyl (C=O) groups is 1. The van der Waals surface area contributed by atoms with Gasteiger partial charge >= 0.3 is 5.97 Å². The zero-order valence-electron chi connectivity index (χ0n) is 17.3. The van der Waals surface area contributed by atoms with Crippen molar-refractivity contribution in [1.29, 1.82) is 0 Å². The summed E-state index contributed by atoms with van der Waals surface area (Å²) in [5, 5.41) is 18.1. The van der Waals surface area contributed by atoms with E-state index in [0.717, 1.165) is 18.9 Å². The molecule has 2 N–H and O–H groups in total. The summed E-state index contributed by atoms with van der Waals surface area (Å²) in [4.78, 5) is 10.3. The van der Waals surface area contributed by atoms with Gasteiger partial charge in [-0.15, -0.1) is 0 Å². The molecule has 0 aliphatic heterocycles. The van der Waals surface area contributed by atoms with Crippen molar-refractivity contribution in [3.8, 4) is 0 Å². The van der Waals surface area contributed by atoms with Crippen molar-refractivity contribution in [2.75, 3.05) is 0 Å². The zero-order chi connectivity index (χ0) is 19.3. The van der Waals surface area contributed by atoms with Gasteiger partial charge in [-0.25, -0.2) is 4.79 Å². The van der Waals surface area contributed by atoms with Crippen molar-refractivity contribution in [3.63, 3.8) is 0 Å². The van der Waals surface area contributed by atoms with E-state index in [4.69, 9.17) is 5.11 Å². The Labute approximate surface area is 162 Å². The van der Waals surface area contributed by atoms with Gasteiger partial charge in [0, 0.05) is 6.08 Å². The highest BCUT2D eigenvalue weighted by Crippen LogP contribution is 2.14. The first-order chi connectivity index (χ1) is 12.7. The Kier molecular flexibility index (Phi) is 19.8. The molecule has 0 heterocycles.